The van der Waals surface area contributed by atoms with Crippen LogP contribution in [0.15, 0.2) is 0 Å². The quantitative estimate of drug-likeness (QED) is 0.644. The first-order valence-corrected chi connectivity index (χ1v) is 7.33. The SMILES string of the molecule is CSCCCC(=O)NC(C)(CN)CC(C)C. The molecule has 3 nitrogen and oxygen atoms in total. The van der Waals surface area contributed by atoms with Gasteiger partial charge in [0.2, 0.25) is 5.91 Å². The van der Waals surface area contributed by atoms with Crippen LogP contribution in [0.3, 0.4) is 0 Å². The van der Waals surface area contributed by atoms with Crippen LogP contribution >= 0.6 is 11.8 Å². The zero-order chi connectivity index (χ0) is 12.6. The zero-order valence-corrected chi connectivity index (χ0v) is 11.8. The van der Waals surface area contributed by atoms with E-state index in [4.69, 9.17) is 5.73 Å². The number of thioether (sulfide) groups is 1. The Morgan fingerprint density at radius 1 is 1.50 bits per heavy atom. The van der Waals surface area contributed by atoms with Crippen LogP contribution in [0.25, 0.3) is 0 Å². The molecule has 0 radical (unpaired) electrons. The van der Waals surface area contributed by atoms with Crippen molar-refractivity contribution in [2.75, 3.05) is 18.6 Å². The van der Waals surface area contributed by atoms with Gasteiger partial charge in [-0.3, -0.25) is 4.79 Å². The van der Waals surface area contributed by atoms with Gasteiger partial charge in [-0.1, -0.05) is 13.8 Å². The molecular formula is C12H26N2OS. The van der Waals surface area contributed by atoms with E-state index in [0.717, 1.165) is 18.6 Å². The van der Waals surface area contributed by atoms with Crippen LogP contribution in [0.5, 0.6) is 0 Å². The van der Waals surface area contributed by atoms with Crippen molar-refractivity contribution in [3.8, 4) is 0 Å². The Kier molecular flexibility index (Phi) is 7.85. The summed E-state index contributed by atoms with van der Waals surface area (Å²) in [5, 5.41) is 3.06. The molecule has 16 heavy (non-hydrogen) atoms. The lowest BCUT2D eigenvalue weighted by Gasteiger charge is -2.31. The third kappa shape index (κ3) is 7.12. The molecule has 96 valence electrons. The highest BCUT2D eigenvalue weighted by Gasteiger charge is 2.25. The van der Waals surface area contributed by atoms with Gasteiger partial charge in [0.25, 0.3) is 0 Å². The number of carbonyl (C=O) groups excluding carboxylic acids is 1. The summed E-state index contributed by atoms with van der Waals surface area (Å²) in [5.41, 5.74) is 5.49. The van der Waals surface area contributed by atoms with Crippen molar-refractivity contribution in [3.63, 3.8) is 0 Å². The Balaban J connectivity index is 4.04. The van der Waals surface area contributed by atoms with E-state index in [2.05, 4.69) is 25.4 Å². The molecule has 4 heteroatoms. The van der Waals surface area contributed by atoms with E-state index < -0.39 is 0 Å². The lowest BCUT2D eigenvalue weighted by molar-refractivity contribution is -0.122. The monoisotopic (exact) mass is 246 g/mol. The summed E-state index contributed by atoms with van der Waals surface area (Å²) < 4.78 is 0. The highest BCUT2D eigenvalue weighted by atomic mass is 32.2. The minimum absolute atomic E-state index is 0.127. The van der Waals surface area contributed by atoms with Crippen molar-refractivity contribution in [2.24, 2.45) is 11.7 Å². The van der Waals surface area contributed by atoms with Crippen LogP contribution < -0.4 is 11.1 Å². The van der Waals surface area contributed by atoms with E-state index in [1.54, 1.807) is 11.8 Å². The number of hydrogen-bond donors (Lipinski definition) is 2. The molecule has 0 aliphatic carbocycles. The fourth-order valence-electron chi connectivity index (χ4n) is 1.86. The molecule has 0 rings (SSSR count). The van der Waals surface area contributed by atoms with E-state index in [1.807, 2.05) is 6.92 Å². The molecule has 0 saturated carbocycles. The highest BCUT2D eigenvalue weighted by molar-refractivity contribution is 7.98. The number of carbonyl (C=O) groups is 1. The van der Waals surface area contributed by atoms with Crippen LogP contribution in [-0.4, -0.2) is 30.0 Å². The summed E-state index contributed by atoms with van der Waals surface area (Å²) in [5.74, 6) is 1.71. The molecule has 1 atom stereocenters. The van der Waals surface area contributed by atoms with Gasteiger partial charge in [-0.2, -0.15) is 11.8 Å². The van der Waals surface area contributed by atoms with Crippen molar-refractivity contribution >= 4 is 17.7 Å². The molecule has 0 aromatic heterocycles. The third-order valence-corrected chi connectivity index (χ3v) is 3.20. The molecule has 3 N–H and O–H groups in total. The standard InChI is InChI=1S/C12H26N2OS/c1-10(2)8-12(3,9-13)14-11(15)6-5-7-16-4/h10H,5-9,13H2,1-4H3,(H,14,15). The van der Waals surface area contributed by atoms with Gasteiger partial charge < -0.3 is 11.1 Å². The Bertz CT molecular complexity index is 209. The number of amides is 1. The van der Waals surface area contributed by atoms with Gasteiger partial charge in [-0.15, -0.1) is 0 Å². The fraction of sp³-hybridized carbons (Fsp3) is 0.917. The second-order valence-corrected chi connectivity index (χ2v) is 5.99. The van der Waals surface area contributed by atoms with Crippen LogP contribution in [0.1, 0.15) is 40.0 Å². The van der Waals surface area contributed by atoms with Gasteiger partial charge in [0.1, 0.15) is 0 Å². The average Bonchev–Trinajstić information content (AvgIpc) is 2.16. The molecular weight excluding hydrogens is 220 g/mol. The maximum Gasteiger partial charge on any atom is 0.220 e. The van der Waals surface area contributed by atoms with Crippen LogP contribution in [0.2, 0.25) is 0 Å². The molecule has 0 heterocycles. The number of rotatable bonds is 8. The van der Waals surface area contributed by atoms with E-state index in [-0.39, 0.29) is 11.4 Å². The third-order valence-electron chi connectivity index (χ3n) is 2.50. The lowest BCUT2D eigenvalue weighted by Crippen LogP contribution is -2.52. The van der Waals surface area contributed by atoms with Crippen molar-refractivity contribution in [3.05, 3.63) is 0 Å². The summed E-state index contributed by atoms with van der Waals surface area (Å²) >= 11 is 1.77. The van der Waals surface area contributed by atoms with Crippen molar-refractivity contribution in [2.45, 2.75) is 45.6 Å². The van der Waals surface area contributed by atoms with E-state index >= 15 is 0 Å². The van der Waals surface area contributed by atoms with E-state index in [1.165, 1.54) is 0 Å². The minimum Gasteiger partial charge on any atom is -0.350 e. The van der Waals surface area contributed by atoms with Crippen LogP contribution in [-0.2, 0) is 4.79 Å². The lowest BCUT2D eigenvalue weighted by atomic mass is 9.90. The van der Waals surface area contributed by atoms with Gasteiger partial charge in [0, 0.05) is 18.5 Å². The van der Waals surface area contributed by atoms with Gasteiger partial charge in [-0.25, -0.2) is 0 Å². The van der Waals surface area contributed by atoms with Gasteiger partial charge >= 0.3 is 0 Å². The maximum absolute atomic E-state index is 11.7. The fourth-order valence-corrected chi connectivity index (χ4v) is 2.30. The van der Waals surface area contributed by atoms with Crippen molar-refractivity contribution < 1.29 is 4.79 Å². The molecule has 0 bridgehead atoms. The molecule has 0 fully saturated rings. The van der Waals surface area contributed by atoms with Gasteiger partial charge in [-0.05, 0) is 37.7 Å². The normalized spacial score (nSPS) is 14.9. The zero-order valence-electron chi connectivity index (χ0n) is 11.0. The number of nitrogens with one attached hydrogen (secondary N) is 1. The Morgan fingerprint density at radius 2 is 2.12 bits per heavy atom. The second-order valence-electron chi connectivity index (χ2n) is 5.01. The Hall–Kier alpha value is -0.220. The first-order valence-electron chi connectivity index (χ1n) is 5.93. The summed E-state index contributed by atoms with van der Waals surface area (Å²) in [6.07, 6.45) is 4.53. The van der Waals surface area contributed by atoms with Gasteiger partial charge in [0.15, 0.2) is 0 Å². The number of hydrogen-bond acceptors (Lipinski definition) is 3. The summed E-state index contributed by atoms with van der Waals surface area (Å²) in [4.78, 5) is 11.7. The smallest absolute Gasteiger partial charge is 0.220 e. The first-order chi connectivity index (χ1) is 7.43. The Morgan fingerprint density at radius 3 is 2.56 bits per heavy atom. The largest absolute Gasteiger partial charge is 0.350 e. The predicted molar refractivity (Wildman–Crippen MR) is 72.7 cm³/mol. The summed E-state index contributed by atoms with van der Waals surface area (Å²) in [6.45, 7) is 6.82. The molecule has 0 aromatic rings. The molecule has 0 aromatic carbocycles. The molecule has 0 saturated heterocycles. The molecule has 0 aliphatic heterocycles. The molecule has 1 unspecified atom stereocenters. The van der Waals surface area contributed by atoms with E-state index in [9.17, 15) is 4.79 Å². The average molecular weight is 246 g/mol. The van der Waals surface area contributed by atoms with Crippen LogP contribution in [0, 0.1) is 5.92 Å². The summed E-state index contributed by atoms with van der Waals surface area (Å²) in [6, 6.07) is 0. The van der Waals surface area contributed by atoms with Crippen molar-refractivity contribution in [1.82, 2.24) is 5.32 Å². The second kappa shape index (κ2) is 7.96. The van der Waals surface area contributed by atoms with Gasteiger partial charge in [0.05, 0.1) is 0 Å². The summed E-state index contributed by atoms with van der Waals surface area (Å²) in [7, 11) is 0. The molecule has 0 aliphatic rings. The molecule has 0 spiro atoms. The maximum atomic E-state index is 11.7. The highest BCUT2D eigenvalue weighted by Crippen LogP contribution is 2.15. The Labute approximate surface area is 104 Å². The molecule has 1 amide bonds. The van der Waals surface area contributed by atoms with Crippen molar-refractivity contribution in [1.29, 1.82) is 0 Å². The predicted octanol–water partition coefficient (Wildman–Crippen LogP) is 2.01. The first kappa shape index (κ1) is 15.8. The van der Waals surface area contributed by atoms with E-state index in [0.29, 0.717) is 18.9 Å². The minimum atomic E-state index is -0.245. The van der Waals surface area contributed by atoms with Crippen LogP contribution in [0.4, 0.5) is 0 Å². The topological polar surface area (TPSA) is 55.1 Å². The number of nitrogens with two attached hydrogens (primary N) is 1.